The molecular formula is C10H9NOS. The summed E-state index contributed by atoms with van der Waals surface area (Å²) in [5.74, 6) is 0.285. The number of phenolic OH excluding ortho intramolecular Hbond substituents is 1. The van der Waals surface area contributed by atoms with E-state index in [4.69, 9.17) is 0 Å². The second-order valence-corrected chi connectivity index (χ2v) is 3.83. The van der Waals surface area contributed by atoms with E-state index in [1.807, 2.05) is 24.4 Å². The van der Waals surface area contributed by atoms with E-state index in [1.54, 1.807) is 23.5 Å². The van der Waals surface area contributed by atoms with Gasteiger partial charge in [0.25, 0.3) is 0 Å². The molecule has 1 aromatic carbocycles. The maximum atomic E-state index is 9.54. The maximum absolute atomic E-state index is 9.54. The summed E-state index contributed by atoms with van der Waals surface area (Å²) in [5, 5.41) is 12.5. The molecule has 0 atom stereocenters. The summed E-state index contributed by atoms with van der Waals surface area (Å²) >= 11 is 1.59. The Morgan fingerprint density at radius 1 is 1.31 bits per heavy atom. The lowest BCUT2D eigenvalue weighted by atomic mass is 10.1. The fourth-order valence-electron chi connectivity index (χ4n) is 1.18. The molecule has 2 aromatic rings. The van der Waals surface area contributed by atoms with Gasteiger partial charge in [-0.2, -0.15) is 0 Å². The number of hydrogen-bond acceptors (Lipinski definition) is 3. The van der Waals surface area contributed by atoms with Crippen molar-refractivity contribution in [2.45, 2.75) is 6.92 Å². The molecule has 0 unspecified atom stereocenters. The van der Waals surface area contributed by atoms with Gasteiger partial charge in [0.15, 0.2) is 0 Å². The number of aromatic nitrogens is 1. The van der Waals surface area contributed by atoms with Gasteiger partial charge in [0.2, 0.25) is 0 Å². The first kappa shape index (κ1) is 8.26. The van der Waals surface area contributed by atoms with Crippen molar-refractivity contribution in [1.82, 2.24) is 4.98 Å². The van der Waals surface area contributed by atoms with Gasteiger partial charge < -0.3 is 5.11 Å². The molecule has 0 spiro atoms. The lowest BCUT2D eigenvalue weighted by Gasteiger charge is -1.98. The molecule has 1 N–H and O–H groups in total. The third kappa shape index (κ3) is 1.55. The van der Waals surface area contributed by atoms with E-state index in [-0.39, 0.29) is 5.75 Å². The van der Waals surface area contributed by atoms with Gasteiger partial charge in [0, 0.05) is 10.9 Å². The summed E-state index contributed by atoms with van der Waals surface area (Å²) in [6, 6.07) is 7.23. The van der Waals surface area contributed by atoms with Gasteiger partial charge >= 0.3 is 0 Å². The minimum atomic E-state index is 0.285. The second kappa shape index (κ2) is 3.18. The standard InChI is InChI=1S/C10H9NOS/c1-7-11-9(6-13-7)8-4-2-3-5-10(8)12/h2-6,12H,1H3. The number of rotatable bonds is 1. The van der Waals surface area contributed by atoms with E-state index >= 15 is 0 Å². The molecule has 13 heavy (non-hydrogen) atoms. The van der Waals surface area contributed by atoms with Crippen LogP contribution in [0.25, 0.3) is 11.3 Å². The summed E-state index contributed by atoms with van der Waals surface area (Å²) in [6.07, 6.45) is 0. The molecule has 1 aromatic heterocycles. The van der Waals surface area contributed by atoms with Crippen LogP contribution < -0.4 is 0 Å². The van der Waals surface area contributed by atoms with Gasteiger partial charge in [0.1, 0.15) is 5.75 Å². The summed E-state index contributed by atoms with van der Waals surface area (Å²) in [5.41, 5.74) is 1.65. The largest absolute Gasteiger partial charge is 0.507 e. The van der Waals surface area contributed by atoms with Crippen LogP contribution in [0, 0.1) is 6.92 Å². The molecule has 0 aliphatic rings. The molecule has 2 nitrogen and oxygen atoms in total. The first-order valence-corrected chi connectivity index (χ1v) is 4.86. The second-order valence-electron chi connectivity index (χ2n) is 2.77. The average Bonchev–Trinajstić information content (AvgIpc) is 2.53. The Morgan fingerprint density at radius 2 is 2.08 bits per heavy atom. The predicted octanol–water partition coefficient (Wildman–Crippen LogP) is 2.82. The Labute approximate surface area is 80.5 Å². The molecular weight excluding hydrogens is 182 g/mol. The minimum absolute atomic E-state index is 0.285. The van der Waals surface area contributed by atoms with Crippen LogP contribution in [-0.2, 0) is 0 Å². The molecule has 3 heteroatoms. The van der Waals surface area contributed by atoms with Crippen molar-refractivity contribution < 1.29 is 5.11 Å². The maximum Gasteiger partial charge on any atom is 0.125 e. The Balaban J connectivity index is 2.52. The monoisotopic (exact) mass is 191 g/mol. The van der Waals surface area contributed by atoms with Crippen molar-refractivity contribution in [3.05, 3.63) is 34.7 Å². The molecule has 0 aliphatic heterocycles. The highest BCUT2D eigenvalue weighted by molar-refractivity contribution is 7.09. The summed E-state index contributed by atoms with van der Waals surface area (Å²) in [6.45, 7) is 1.95. The van der Waals surface area contributed by atoms with Crippen molar-refractivity contribution in [3.63, 3.8) is 0 Å². The average molecular weight is 191 g/mol. The molecule has 0 aliphatic carbocycles. The topological polar surface area (TPSA) is 33.1 Å². The molecule has 1 heterocycles. The minimum Gasteiger partial charge on any atom is -0.507 e. The first-order valence-electron chi connectivity index (χ1n) is 3.98. The third-order valence-electron chi connectivity index (χ3n) is 1.80. The van der Waals surface area contributed by atoms with Crippen LogP contribution in [0.5, 0.6) is 5.75 Å². The number of hydrogen-bond donors (Lipinski definition) is 1. The van der Waals surface area contributed by atoms with Crippen molar-refractivity contribution in [3.8, 4) is 17.0 Å². The zero-order valence-corrected chi connectivity index (χ0v) is 8.01. The highest BCUT2D eigenvalue weighted by atomic mass is 32.1. The van der Waals surface area contributed by atoms with Crippen LogP contribution >= 0.6 is 11.3 Å². The van der Waals surface area contributed by atoms with E-state index < -0.39 is 0 Å². The zero-order chi connectivity index (χ0) is 9.26. The Morgan fingerprint density at radius 3 is 2.69 bits per heavy atom. The Bertz CT molecular complexity index is 422. The number of para-hydroxylation sites is 1. The van der Waals surface area contributed by atoms with Crippen LogP contribution in [0.2, 0.25) is 0 Å². The third-order valence-corrected chi connectivity index (χ3v) is 2.57. The highest BCUT2D eigenvalue weighted by Gasteiger charge is 2.05. The number of nitrogens with zero attached hydrogens (tertiary/aromatic N) is 1. The Kier molecular flexibility index (Phi) is 2.02. The number of aromatic hydroxyl groups is 1. The lowest BCUT2D eigenvalue weighted by molar-refractivity contribution is 0.477. The van der Waals surface area contributed by atoms with E-state index in [9.17, 15) is 5.11 Å². The van der Waals surface area contributed by atoms with Crippen molar-refractivity contribution in [2.75, 3.05) is 0 Å². The number of aryl methyl sites for hydroxylation is 1. The molecule has 0 amide bonds. The molecule has 0 saturated heterocycles. The smallest absolute Gasteiger partial charge is 0.125 e. The quantitative estimate of drug-likeness (QED) is 0.751. The molecule has 0 saturated carbocycles. The molecule has 0 radical (unpaired) electrons. The van der Waals surface area contributed by atoms with E-state index in [1.165, 1.54) is 0 Å². The van der Waals surface area contributed by atoms with E-state index in [0.29, 0.717) is 0 Å². The van der Waals surface area contributed by atoms with Crippen molar-refractivity contribution in [1.29, 1.82) is 0 Å². The number of thiazole rings is 1. The molecule has 0 bridgehead atoms. The normalized spacial score (nSPS) is 10.2. The van der Waals surface area contributed by atoms with Crippen LogP contribution in [-0.4, -0.2) is 10.1 Å². The SMILES string of the molecule is Cc1nc(-c2ccccc2O)cs1. The van der Waals surface area contributed by atoms with Gasteiger partial charge in [0.05, 0.1) is 10.7 Å². The lowest BCUT2D eigenvalue weighted by Crippen LogP contribution is -1.78. The number of benzene rings is 1. The van der Waals surface area contributed by atoms with E-state index in [2.05, 4.69) is 4.98 Å². The summed E-state index contributed by atoms with van der Waals surface area (Å²) in [4.78, 5) is 4.30. The predicted molar refractivity (Wildman–Crippen MR) is 54.0 cm³/mol. The fraction of sp³-hybridized carbons (Fsp3) is 0.100. The van der Waals surface area contributed by atoms with Gasteiger partial charge in [-0.3, -0.25) is 0 Å². The van der Waals surface area contributed by atoms with Crippen LogP contribution in [0.4, 0.5) is 0 Å². The van der Waals surface area contributed by atoms with Crippen LogP contribution in [0.3, 0.4) is 0 Å². The van der Waals surface area contributed by atoms with E-state index in [0.717, 1.165) is 16.3 Å². The van der Waals surface area contributed by atoms with Crippen LogP contribution in [0.1, 0.15) is 5.01 Å². The molecule has 66 valence electrons. The molecule has 0 fully saturated rings. The zero-order valence-electron chi connectivity index (χ0n) is 7.19. The fourth-order valence-corrected chi connectivity index (χ4v) is 1.79. The highest BCUT2D eigenvalue weighted by Crippen LogP contribution is 2.28. The van der Waals surface area contributed by atoms with Crippen molar-refractivity contribution in [2.24, 2.45) is 0 Å². The van der Waals surface area contributed by atoms with Crippen molar-refractivity contribution >= 4 is 11.3 Å². The molecule has 2 rings (SSSR count). The number of phenols is 1. The summed E-state index contributed by atoms with van der Waals surface area (Å²) in [7, 11) is 0. The van der Waals surface area contributed by atoms with Gasteiger partial charge in [-0.1, -0.05) is 12.1 Å². The summed E-state index contributed by atoms with van der Waals surface area (Å²) < 4.78 is 0. The van der Waals surface area contributed by atoms with Crippen LogP contribution in [0.15, 0.2) is 29.6 Å². The first-order chi connectivity index (χ1) is 6.27. The van der Waals surface area contributed by atoms with Gasteiger partial charge in [-0.05, 0) is 19.1 Å². The Hall–Kier alpha value is -1.35. The van der Waals surface area contributed by atoms with Gasteiger partial charge in [-0.15, -0.1) is 11.3 Å². The van der Waals surface area contributed by atoms with Gasteiger partial charge in [-0.25, -0.2) is 4.98 Å².